The van der Waals surface area contributed by atoms with Gasteiger partial charge in [0, 0.05) is 23.2 Å². The fraction of sp³-hybridized carbons (Fsp3) is 0.547. The summed E-state index contributed by atoms with van der Waals surface area (Å²) < 4.78 is 0. The Bertz CT molecular complexity index is 1480. The third-order valence-corrected chi connectivity index (χ3v) is 12.2. The van der Waals surface area contributed by atoms with Crippen LogP contribution in [0, 0.1) is 13.8 Å². The Labute approximate surface area is 338 Å². The second-order valence-corrected chi connectivity index (χ2v) is 16.9. The van der Waals surface area contributed by atoms with E-state index in [1.807, 2.05) is 0 Å². The molecule has 0 amide bonds. The van der Waals surface area contributed by atoms with Gasteiger partial charge in [-0.25, -0.2) is 0 Å². The fourth-order valence-corrected chi connectivity index (χ4v) is 8.82. The quantitative estimate of drug-likeness (QED) is 0.0450. The molecule has 0 fully saturated rings. The largest absolute Gasteiger partial charge is 0.399 e. The van der Waals surface area contributed by atoms with E-state index in [0.29, 0.717) is 11.8 Å². The van der Waals surface area contributed by atoms with E-state index in [0.717, 1.165) is 24.2 Å². The van der Waals surface area contributed by atoms with Gasteiger partial charge in [0.2, 0.25) is 0 Å². The van der Waals surface area contributed by atoms with Crippen LogP contribution in [0.15, 0.2) is 84.9 Å². The van der Waals surface area contributed by atoms with Crippen molar-refractivity contribution in [3.63, 3.8) is 0 Å². The molecular formula is C53H78N2. The maximum absolute atomic E-state index is 6.15. The van der Waals surface area contributed by atoms with Crippen LogP contribution in [-0.4, -0.2) is 0 Å². The maximum Gasteiger partial charge on any atom is 0.0316 e. The van der Waals surface area contributed by atoms with Crippen LogP contribution in [0.1, 0.15) is 205 Å². The van der Waals surface area contributed by atoms with Gasteiger partial charge in [0.05, 0.1) is 0 Å². The Hall–Kier alpha value is -3.52. The summed E-state index contributed by atoms with van der Waals surface area (Å²) in [5.74, 6) is 0.883. The molecule has 4 aromatic rings. The van der Waals surface area contributed by atoms with Crippen molar-refractivity contribution in [1.29, 1.82) is 0 Å². The van der Waals surface area contributed by atoms with Crippen LogP contribution in [0.25, 0.3) is 0 Å². The van der Waals surface area contributed by atoms with Crippen molar-refractivity contribution < 1.29 is 0 Å². The molecule has 2 atom stereocenters. The average Bonchev–Trinajstić information content (AvgIpc) is 3.18. The lowest BCUT2D eigenvalue weighted by atomic mass is 9.84. The van der Waals surface area contributed by atoms with E-state index in [4.69, 9.17) is 11.5 Å². The summed E-state index contributed by atoms with van der Waals surface area (Å²) in [4.78, 5) is 0. The number of hydrogen-bond acceptors (Lipinski definition) is 2. The molecule has 0 aliphatic rings. The van der Waals surface area contributed by atoms with E-state index in [-0.39, 0.29) is 0 Å². The summed E-state index contributed by atoms with van der Waals surface area (Å²) in [5, 5.41) is 0. The zero-order valence-corrected chi connectivity index (χ0v) is 35.7. The molecule has 0 heterocycles. The van der Waals surface area contributed by atoms with E-state index >= 15 is 0 Å². The number of nitrogen functional groups attached to an aromatic ring is 2. The van der Waals surface area contributed by atoms with Gasteiger partial charge in [0.25, 0.3) is 0 Å². The van der Waals surface area contributed by atoms with Crippen LogP contribution >= 0.6 is 0 Å². The van der Waals surface area contributed by atoms with Gasteiger partial charge in [-0.2, -0.15) is 0 Å². The number of benzene rings is 4. The van der Waals surface area contributed by atoms with Gasteiger partial charge in [-0.3, -0.25) is 0 Å². The third-order valence-electron chi connectivity index (χ3n) is 12.2. The zero-order chi connectivity index (χ0) is 39.1. The van der Waals surface area contributed by atoms with Crippen LogP contribution in [0.4, 0.5) is 11.4 Å². The maximum atomic E-state index is 6.15. The van der Waals surface area contributed by atoms with Crippen LogP contribution in [0.5, 0.6) is 0 Å². The van der Waals surface area contributed by atoms with Crippen molar-refractivity contribution in [3.8, 4) is 0 Å². The lowest BCUT2D eigenvalue weighted by molar-refractivity contribution is 0.551. The molecule has 2 nitrogen and oxygen atoms in total. The first-order valence-corrected chi connectivity index (χ1v) is 22.8. The van der Waals surface area contributed by atoms with Crippen molar-refractivity contribution in [2.75, 3.05) is 11.5 Å². The molecule has 0 spiro atoms. The van der Waals surface area contributed by atoms with E-state index in [1.54, 1.807) is 0 Å². The lowest BCUT2D eigenvalue weighted by Crippen LogP contribution is -2.05. The highest BCUT2D eigenvalue weighted by Gasteiger charge is 2.18. The predicted molar refractivity (Wildman–Crippen MR) is 243 cm³/mol. The van der Waals surface area contributed by atoms with Crippen LogP contribution in [-0.2, 0) is 12.8 Å². The van der Waals surface area contributed by atoms with Gasteiger partial charge in [-0.15, -0.1) is 0 Å². The van der Waals surface area contributed by atoms with Gasteiger partial charge in [0.1, 0.15) is 0 Å². The molecule has 300 valence electrons. The highest BCUT2D eigenvalue weighted by atomic mass is 14.5. The summed E-state index contributed by atoms with van der Waals surface area (Å²) in [5.41, 5.74) is 25.4. The van der Waals surface area contributed by atoms with Crippen molar-refractivity contribution in [2.45, 2.75) is 187 Å². The normalized spacial score (nSPS) is 12.6. The molecule has 0 aromatic heterocycles. The predicted octanol–water partition coefficient (Wildman–Crippen LogP) is 15.7. The highest BCUT2D eigenvalue weighted by molar-refractivity contribution is 5.49. The zero-order valence-electron chi connectivity index (χ0n) is 35.7. The first-order valence-electron chi connectivity index (χ1n) is 22.8. The minimum absolute atomic E-state index is 0.442. The molecule has 2 heteroatoms. The van der Waals surface area contributed by atoms with E-state index < -0.39 is 0 Å². The highest BCUT2D eigenvalue weighted by Crippen LogP contribution is 2.35. The first kappa shape index (κ1) is 44.2. The number of unbranched alkanes of at least 4 members (excludes halogenated alkanes) is 16. The molecule has 0 aliphatic heterocycles. The molecule has 0 saturated heterocycles. The minimum Gasteiger partial charge on any atom is -0.399 e. The van der Waals surface area contributed by atoms with Gasteiger partial charge >= 0.3 is 0 Å². The number of hydrogen-bond donors (Lipinski definition) is 2. The minimum atomic E-state index is 0.442. The topological polar surface area (TPSA) is 52.0 Å². The van der Waals surface area contributed by atoms with Crippen molar-refractivity contribution >= 4 is 11.4 Å². The van der Waals surface area contributed by atoms with Crippen LogP contribution < -0.4 is 11.5 Å². The summed E-state index contributed by atoms with van der Waals surface area (Å²) >= 11 is 0. The Morgan fingerprint density at radius 1 is 0.382 bits per heavy atom. The monoisotopic (exact) mass is 743 g/mol. The van der Waals surface area contributed by atoms with Gasteiger partial charge < -0.3 is 11.5 Å². The second-order valence-electron chi connectivity index (χ2n) is 16.9. The lowest BCUT2D eigenvalue weighted by Gasteiger charge is -2.21. The van der Waals surface area contributed by atoms with E-state index in [1.165, 1.54) is 179 Å². The molecule has 55 heavy (non-hydrogen) atoms. The average molecular weight is 743 g/mol. The number of rotatable bonds is 28. The Morgan fingerprint density at radius 3 is 1.05 bits per heavy atom. The Kier molecular flexibility index (Phi) is 20.6. The molecule has 4 rings (SSSR count). The molecule has 0 bridgehead atoms. The fourth-order valence-electron chi connectivity index (χ4n) is 8.82. The Morgan fingerprint density at radius 2 is 0.709 bits per heavy atom. The van der Waals surface area contributed by atoms with E-state index in [9.17, 15) is 0 Å². The number of nitrogens with two attached hydrogens (primary N) is 2. The first-order chi connectivity index (χ1) is 26.9. The third kappa shape index (κ3) is 15.9. The second kappa shape index (κ2) is 25.6. The SMILES string of the molecule is CCCCCCCCCCC(c1ccc(CCCCCc2ccc(C(CCCCCCCCCC)c3ccc(N)cc3C)cc2)cc1)c1ccc(N)cc1C. The van der Waals surface area contributed by atoms with E-state index in [2.05, 4.69) is 113 Å². The standard InChI is InChI=1S/C53H78N2/c1-5-7-9-11-13-15-17-22-26-52(50-38-36-48(54)40-42(50)3)46-32-28-44(29-33-46)24-20-19-21-25-45-30-34-47(35-31-45)53(51-39-37-49(55)41-43(51)4)27-23-18-16-14-12-10-8-6-2/h28-41,52-53H,5-27,54-55H2,1-4H3. The van der Waals surface area contributed by atoms with Gasteiger partial charge in [0.15, 0.2) is 0 Å². The summed E-state index contributed by atoms with van der Waals surface area (Å²) in [7, 11) is 0. The van der Waals surface area contributed by atoms with Crippen LogP contribution in [0.3, 0.4) is 0 Å². The number of aryl methyl sites for hydroxylation is 4. The van der Waals surface area contributed by atoms with Crippen molar-refractivity contribution in [2.24, 2.45) is 0 Å². The molecule has 0 aliphatic carbocycles. The molecular weight excluding hydrogens is 665 g/mol. The summed E-state index contributed by atoms with van der Waals surface area (Å²) in [6.07, 6.45) is 30.2. The molecule has 0 saturated carbocycles. The summed E-state index contributed by atoms with van der Waals surface area (Å²) in [6.45, 7) is 9.05. The van der Waals surface area contributed by atoms with Crippen LogP contribution in [0.2, 0.25) is 0 Å². The van der Waals surface area contributed by atoms with Crippen molar-refractivity contribution in [1.82, 2.24) is 0 Å². The molecule has 2 unspecified atom stereocenters. The number of anilines is 2. The van der Waals surface area contributed by atoms with Crippen molar-refractivity contribution in [3.05, 3.63) is 129 Å². The molecule has 4 aromatic carbocycles. The molecule has 0 radical (unpaired) electrons. The smallest absolute Gasteiger partial charge is 0.0316 e. The van der Waals surface area contributed by atoms with Gasteiger partial charge in [-0.05, 0) is 121 Å². The Balaban J connectivity index is 1.25. The summed E-state index contributed by atoms with van der Waals surface area (Å²) in [6, 6.07) is 32.3. The van der Waals surface area contributed by atoms with Gasteiger partial charge in [-0.1, -0.05) is 184 Å². The molecule has 4 N–H and O–H groups in total.